The fourth-order valence-corrected chi connectivity index (χ4v) is 1.88. The second-order valence-corrected chi connectivity index (χ2v) is 5.01. The molecule has 1 unspecified atom stereocenters. The Hall–Kier alpha value is -1.62. The minimum atomic E-state index is -0.822. The summed E-state index contributed by atoms with van der Waals surface area (Å²) >= 11 is 0. The summed E-state index contributed by atoms with van der Waals surface area (Å²) in [5.74, 6) is -0.522. The molecule has 4 nitrogen and oxygen atoms in total. The highest BCUT2D eigenvalue weighted by atomic mass is 19.1. The molecule has 0 amide bonds. The zero-order valence-electron chi connectivity index (χ0n) is 12.9. The predicted octanol–water partition coefficient (Wildman–Crippen LogP) is 2.92. The van der Waals surface area contributed by atoms with Gasteiger partial charge in [-0.2, -0.15) is 0 Å². The SMILES string of the molecule is CCCNC(C)(CCOc1ccccc1F)C(=O)OCC. The fraction of sp³-hybridized carbons (Fsp3) is 0.562. The van der Waals surface area contributed by atoms with E-state index >= 15 is 0 Å². The molecular weight excluding hydrogens is 273 g/mol. The monoisotopic (exact) mass is 297 g/mol. The third-order valence-electron chi connectivity index (χ3n) is 3.19. The van der Waals surface area contributed by atoms with Crippen molar-refractivity contribution in [3.63, 3.8) is 0 Å². The summed E-state index contributed by atoms with van der Waals surface area (Å²) in [5.41, 5.74) is -0.822. The lowest BCUT2D eigenvalue weighted by atomic mass is 9.98. The first-order chi connectivity index (χ1) is 10.0. The van der Waals surface area contributed by atoms with Crippen LogP contribution in [-0.2, 0) is 9.53 Å². The molecule has 0 radical (unpaired) electrons. The van der Waals surface area contributed by atoms with Crippen LogP contribution in [-0.4, -0.2) is 31.3 Å². The number of nitrogens with one attached hydrogen (secondary N) is 1. The normalized spacial score (nSPS) is 13.5. The van der Waals surface area contributed by atoms with Gasteiger partial charge in [0.1, 0.15) is 5.54 Å². The average Bonchev–Trinajstić information content (AvgIpc) is 2.47. The van der Waals surface area contributed by atoms with Crippen LogP contribution in [0, 0.1) is 5.82 Å². The van der Waals surface area contributed by atoms with E-state index in [0.717, 1.165) is 6.42 Å². The van der Waals surface area contributed by atoms with Crippen LogP contribution in [0.3, 0.4) is 0 Å². The standard InChI is InChI=1S/C16H24FNO3/c1-4-11-18-16(3,15(19)20-5-2)10-12-21-14-9-7-6-8-13(14)17/h6-9,18H,4-5,10-12H2,1-3H3. The molecule has 118 valence electrons. The van der Waals surface area contributed by atoms with Crippen molar-refractivity contribution in [2.24, 2.45) is 0 Å². The average molecular weight is 297 g/mol. The van der Waals surface area contributed by atoms with Gasteiger partial charge < -0.3 is 14.8 Å². The minimum absolute atomic E-state index is 0.194. The maximum absolute atomic E-state index is 13.5. The number of hydrogen-bond acceptors (Lipinski definition) is 4. The van der Waals surface area contributed by atoms with Gasteiger partial charge in [-0.25, -0.2) is 4.39 Å². The molecule has 0 heterocycles. The summed E-state index contributed by atoms with van der Waals surface area (Å²) in [5, 5.41) is 3.18. The fourth-order valence-electron chi connectivity index (χ4n) is 1.88. The van der Waals surface area contributed by atoms with E-state index in [9.17, 15) is 9.18 Å². The summed E-state index contributed by atoms with van der Waals surface area (Å²) in [6.45, 7) is 6.84. The summed E-state index contributed by atoms with van der Waals surface area (Å²) < 4.78 is 24.0. The molecule has 0 bridgehead atoms. The molecule has 0 spiro atoms. The molecule has 1 aromatic rings. The first-order valence-electron chi connectivity index (χ1n) is 7.33. The topological polar surface area (TPSA) is 47.6 Å². The Morgan fingerprint density at radius 1 is 1.33 bits per heavy atom. The van der Waals surface area contributed by atoms with E-state index in [0.29, 0.717) is 19.6 Å². The predicted molar refractivity (Wildman–Crippen MR) is 79.8 cm³/mol. The van der Waals surface area contributed by atoms with Crippen molar-refractivity contribution in [1.29, 1.82) is 0 Å². The molecule has 0 aliphatic rings. The number of para-hydroxylation sites is 1. The Bertz CT molecular complexity index is 453. The quantitative estimate of drug-likeness (QED) is 0.712. The van der Waals surface area contributed by atoms with Gasteiger partial charge in [0.05, 0.1) is 13.2 Å². The van der Waals surface area contributed by atoms with E-state index in [4.69, 9.17) is 9.47 Å². The Labute approximate surface area is 125 Å². The molecule has 1 atom stereocenters. The van der Waals surface area contributed by atoms with E-state index in [1.165, 1.54) is 6.07 Å². The lowest BCUT2D eigenvalue weighted by Crippen LogP contribution is -2.51. The van der Waals surface area contributed by atoms with Gasteiger partial charge in [0.2, 0.25) is 0 Å². The van der Waals surface area contributed by atoms with Gasteiger partial charge in [-0.3, -0.25) is 4.79 Å². The highest BCUT2D eigenvalue weighted by molar-refractivity contribution is 5.80. The van der Waals surface area contributed by atoms with Crippen LogP contribution in [0.15, 0.2) is 24.3 Å². The van der Waals surface area contributed by atoms with Crippen molar-refractivity contribution in [2.45, 2.75) is 39.2 Å². The molecule has 0 aromatic heterocycles. The zero-order chi connectivity index (χ0) is 15.7. The molecule has 0 saturated carbocycles. The van der Waals surface area contributed by atoms with Crippen molar-refractivity contribution in [3.05, 3.63) is 30.1 Å². The first kappa shape index (κ1) is 17.4. The largest absolute Gasteiger partial charge is 0.490 e. The Morgan fingerprint density at radius 3 is 2.67 bits per heavy atom. The Balaban J connectivity index is 2.60. The molecule has 0 saturated heterocycles. The smallest absolute Gasteiger partial charge is 0.326 e. The number of halogens is 1. The van der Waals surface area contributed by atoms with Gasteiger partial charge in [0, 0.05) is 6.42 Å². The molecule has 1 rings (SSSR count). The summed E-state index contributed by atoms with van der Waals surface area (Å²) in [6, 6.07) is 6.22. The third kappa shape index (κ3) is 5.34. The lowest BCUT2D eigenvalue weighted by Gasteiger charge is -2.28. The summed E-state index contributed by atoms with van der Waals surface area (Å²) in [6.07, 6.45) is 1.31. The zero-order valence-corrected chi connectivity index (χ0v) is 12.9. The first-order valence-corrected chi connectivity index (χ1v) is 7.33. The number of esters is 1. The summed E-state index contributed by atoms with van der Waals surface area (Å²) in [4.78, 5) is 12.1. The molecule has 0 fully saturated rings. The van der Waals surface area contributed by atoms with Crippen LogP contribution in [0.1, 0.15) is 33.6 Å². The highest BCUT2D eigenvalue weighted by Crippen LogP contribution is 2.18. The van der Waals surface area contributed by atoms with Crippen LogP contribution < -0.4 is 10.1 Å². The minimum Gasteiger partial charge on any atom is -0.490 e. The molecule has 21 heavy (non-hydrogen) atoms. The van der Waals surface area contributed by atoms with E-state index in [1.54, 1.807) is 32.0 Å². The Kier molecular flexibility index (Phi) is 7.15. The molecule has 0 aliphatic carbocycles. The van der Waals surface area contributed by atoms with Crippen LogP contribution >= 0.6 is 0 Å². The van der Waals surface area contributed by atoms with E-state index in [1.807, 2.05) is 6.92 Å². The molecular formula is C16H24FNO3. The number of rotatable bonds is 9. The van der Waals surface area contributed by atoms with Crippen LogP contribution in [0.2, 0.25) is 0 Å². The van der Waals surface area contributed by atoms with Gasteiger partial charge in [-0.05, 0) is 38.9 Å². The van der Waals surface area contributed by atoms with Crippen molar-refractivity contribution < 1.29 is 18.7 Å². The van der Waals surface area contributed by atoms with Crippen LogP contribution in [0.4, 0.5) is 4.39 Å². The number of carbonyl (C=O) groups excluding carboxylic acids is 1. The highest BCUT2D eigenvalue weighted by Gasteiger charge is 2.33. The number of benzene rings is 1. The number of ether oxygens (including phenoxy) is 2. The van der Waals surface area contributed by atoms with Crippen LogP contribution in [0.25, 0.3) is 0 Å². The maximum atomic E-state index is 13.5. The van der Waals surface area contributed by atoms with Gasteiger partial charge in [0.15, 0.2) is 11.6 Å². The molecule has 1 N–H and O–H groups in total. The molecule has 0 aliphatic heterocycles. The van der Waals surface area contributed by atoms with Gasteiger partial charge >= 0.3 is 5.97 Å². The number of hydrogen-bond donors (Lipinski definition) is 1. The number of carbonyl (C=O) groups is 1. The van der Waals surface area contributed by atoms with Crippen molar-refractivity contribution in [2.75, 3.05) is 19.8 Å². The van der Waals surface area contributed by atoms with Crippen LogP contribution in [0.5, 0.6) is 5.75 Å². The van der Waals surface area contributed by atoms with E-state index in [-0.39, 0.29) is 18.3 Å². The summed E-state index contributed by atoms with van der Waals surface area (Å²) in [7, 11) is 0. The van der Waals surface area contributed by atoms with Gasteiger partial charge in [-0.1, -0.05) is 19.1 Å². The third-order valence-corrected chi connectivity index (χ3v) is 3.19. The van der Waals surface area contributed by atoms with Crippen molar-refractivity contribution in [1.82, 2.24) is 5.32 Å². The van der Waals surface area contributed by atoms with Gasteiger partial charge in [0.25, 0.3) is 0 Å². The second-order valence-electron chi connectivity index (χ2n) is 5.01. The molecule has 1 aromatic carbocycles. The molecule has 5 heteroatoms. The lowest BCUT2D eigenvalue weighted by molar-refractivity contribution is -0.151. The maximum Gasteiger partial charge on any atom is 0.326 e. The Morgan fingerprint density at radius 2 is 2.05 bits per heavy atom. The van der Waals surface area contributed by atoms with Crippen molar-refractivity contribution in [3.8, 4) is 5.75 Å². The second kappa shape index (κ2) is 8.62. The van der Waals surface area contributed by atoms with E-state index in [2.05, 4.69) is 5.32 Å². The van der Waals surface area contributed by atoms with Crippen molar-refractivity contribution >= 4 is 5.97 Å². The van der Waals surface area contributed by atoms with Gasteiger partial charge in [-0.15, -0.1) is 0 Å². The van der Waals surface area contributed by atoms with E-state index < -0.39 is 11.4 Å².